The summed E-state index contributed by atoms with van der Waals surface area (Å²) in [5, 5.41) is 10.1. The van der Waals surface area contributed by atoms with Crippen LogP contribution in [0.4, 0.5) is 0 Å². The van der Waals surface area contributed by atoms with Crippen molar-refractivity contribution in [1.82, 2.24) is 20.5 Å². The monoisotopic (exact) mass is 166 g/mol. The van der Waals surface area contributed by atoms with Crippen LogP contribution in [0.1, 0.15) is 25.1 Å². The molecule has 0 atom stereocenters. The van der Waals surface area contributed by atoms with Gasteiger partial charge in [-0.1, -0.05) is 6.42 Å². The van der Waals surface area contributed by atoms with Crippen molar-refractivity contribution in [1.29, 1.82) is 0 Å². The van der Waals surface area contributed by atoms with Gasteiger partial charge in [0.2, 0.25) is 0 Å². The highest BCUT2D eigenvalue weighted by Crippen LogP contribution is 2.17. The fraction of sp³-hybridized carbons (Fsp3) is 0.750. The zero-order valence-electron chi connectivity index (χ0n) is 7.08. The normalized spacial score (nSPS) is 17.7. The summed E-state index contributed by atoms with van der Waals surface area (Å²) in [6.45, 7) is 1.01. The number of nitrogens with zero attached hydrogens (tertiary/aromatic N) is 2. The molecule has 0 aliphatic heterocycles. The maximum atomic E-state index is 4.05. The Morgan fingerprint density at radius 1 is 1.58 bits per heavy atom. The molecule has 2 N–H and O–H groups in total. The molecule has 12 heavy (non-hydrogen) atoms. The maximum absolute atomic E-state index is 4.05. The fourth-order valence-corrected chi connectivity index (χ4v) is 1.36. The van der Waals surface area contributed by atoms with Crippen LogP contribution in [0.25, 0.3) is 0 Å². The van der Waals surface area contributed by atoms with Gasteiger partial charge in [0.15, 0.2) is 0 Å². The van der Waals surface area contributed by atoms with Crippen molar-refractivity contribution in [2.24, 2.45) is 0 Å². The van der Waals surface area contributed by atoms with E-state index < -0.39 is 0 Å². The van der Waals surface area contributed by atoms with Gasteiger partial charge < -0.3 is 5.32 Å². The number of hydrogen-bond donors (Lipinski definition) is 2. The van der Waals surface area contributed by atoms with Gasteiger partial charge in [-0.2, -0.15) is 5.10 Å². The van der Waals surface area contributed by atoms with E-state index in [1.165, 1.54) is 19.3 Å². The molecule has 1 saturated carbocycles. The molecule has 1 aromatic rings. The molecule has 0 aromatic carbocycles. The van der Waals surface area contributed by atoms with Crippen molar-refractivity contribution < 1.29 is 0 Å². The van der Waals surface area contributed by atoms with Crippen LogP contribution in [0.2, 0.25) is 0 Å². The molecule has 4 nitrogen and oxygen atoms in total. The molecule has 0 bridgehead atoms. The number of H-pyrrole nitrogens is 1. The first-order valence-electron chi connectivity index (χ1n) is 4.53. The van der Waals surface area contributed by atoms with Gasteiger partial charge in [0.1, 0.15) is 12.2 Å². The van der Waals surface area contributed by atoms with E-state index in [4.69, 9.17) is 0 Å². The third-order valence-electron chi connectivity index (χ3n) is 2.36. The van der Waals surface area contributed by atoms with Crippen molar-refractivity contribution in [3.63, 3.8) is 0 Å². The molecule has 66 valence electrons. The predicted molar refractivity (Wildman–Crippen MR) is 45.7 cm³/mol. The van der Waals surface area contributed by atoms with E-state index in [1.807, 2.05) is 0 Å². The van der Waals surface area contributed by atoms with Crippen molar-refractivity contribution in [3.05, 3.63) is 12.2 Å². The molecule has 0 unspecified atom stereocenters. The molecular formula is C8H14N4. The van der Waals surface area contributed by atoms with E-state index in [0.717, 1.165) is 24.8 Å². The lowest BCUT2D eigenvalue weighted by molar-refractivity contribution is 0.341. The summed E-state index contributed by atoms with van der Waals surface area (Å²) in [6, 6.07) is 0.771. The van der Waals surface area contributed by atoms with Crippen molar-refractivity contribution in [2.75, 3.05) is 6.54 Å². The summed E-state index contributed by atoms with van der Waals surface area (Å²) in [7, 11) is 0. The van der Waals surface area contributed by atoms with Crippen LogP contribution in [-0.2, 0) is 6.42 Å². The van der Waals surface area contributed by atoms with E-state index in [2.05, 4.69) is 20.5 Å². The summed E-state index contributed by atoms with van der Waals surface area (Å²) in [6.07, 6.45) is 6.59. The van der Waals surface area contributed by atoms with Crippen LogP contribution in [0.3, 0.4) is 0 Å². The minimum atomic E-state index is 0.771. The molecule has 0 spiro atoms. The minimum Gasteiger partial charge on any atom is -0.314 e. The zero-order chi connectivity index (χ0) is 8.23. The highest BCUT2D eigenvalue weighted by atomic mass is 15.2. The van der Waals surface area contributed by atoms with Gasteiger partial charge >= 0.3 is 0 Å². The van der Waals surface area contributed by atoms with E-state index in [-0.39, 0.29) is 0 Å². The van der Waals surface area contributed by atoms with Crippen LogP contribution in [-0.4, -0.2) is 27.8 Å². The van der Waals surface area contributed by atoms with Crippen LogP contribution in [0, 0.1) is 0 Å². The van der Waals surface area contributed by atoms with Gasteiger partial charge in [-0.15, -0.1) is 0 Å². The van der Waals surface area contributed by atoms with Crippen molar-refractivity contribution in [3.8, 4) is 0 Å². The van der Waals surface area contributed by atoms with Gasteiger partial charge in [-0.3, -0.25) is 5.10 Å². The van der Waals surface area contributed by atoms with Gasteiger partial charge in [-0.05, 0) is 12.8 Å². The largest absolute Gasteiger partial charge is 0.314 e. The zero-order valence-corrected chi connectivity index (χ0v) is 7.08. The lowest BCUT2D eigenvalue weighted by Gasteiger charge is -2.26. The van der Waals surface area contributed by atoms with E-state index >= 15 is 0 Å². The summed E-state index contributed by atoms with van der Waals surface area (Å²) < 4.78 is 0. The minimum absolute atomic E-state index is 0.771. The highest BCUT2D eigenvalue weighted by molar-refractivity contribution is 4.83. The number of hydrogen-bond acceptors (Lipinski definition) is 3. The van der Waals surface area contributed by atoms with Crippen LogP contribution < -0.4 is 5.32 Å². The molecule has 0 saturated heterocycles. The summed E-state index contributed by atoms with van der Waals surface area (Å²) in [4.78, 5) is 4.05. The molecule has 0 radical (unpaired) electrons. The van der Waals surface area contributed by atoms with Crippen molar-refractivity contribution >= 4 is 0 Å². The predicted octanol–water partition coefficient (Wildman–Crippen LogP) is 0.489. The summed E-state index contributed by atoms with van der Waals surface area (Å²) >= 11 is 0. The SMILES string of the molecule is c1n[nH]c(CCNC2CCC2)n1. The molecule has 1 aliphatic carbocycles. The number of rotatable bonds is 4. The van der Waals surface area contributed by atoms with E-state index in [1.54, 1.807) is 6.33 Å². The van der Waals surface area contributed by atoms with Gasteiger partial charge in [-0.25, -0.2) is 4.98 Å². The molecule has 1 fully saturated rings. The average molecular weight is 166 g/mol. The molecule has 4 heteroatoms. The second kappa shape index (κ2) is 3.67. The standard InChI is InChI=1S/C8H14N4/c1-2-7(3-1)9-5-4-8-10-6-11-12-8/h6-7,9H,1-5H2,(H,10,11,12). The molecule has 0 amide bonds. The molecule has 1 heterocycles. The number of aromatic amines is 1. The van der Waals surface area contributed by atoms with E-state index in [0.29, 0.717) is 0 Å². The van der Waals surface area contributed by atoms with Crippen LogP contribution in [0.5, 0.6) is 0 Å². The third-order valence-corrected chi connectivity index (χ3v) is 2.36. The fourth-order valence-electron chi connectivity index (χ4n) is 1.36. The Labute approximate surface area is 71.8 Å². The van der Waals surface area contributed by atoms with E-state index in [9.17, 15) is 0 Å². The van der Waals surface area contributed by atoms with Gasteiger partial charge in [0.05, 0.1) is 0 Å². The number of aromatic nitrogens is 3. The molecular weight excluding hydrogens is 152 g/mol. The quantitative estimate of drug-likeness (QED) is 0.684. The lowest BCUT2D eigenvalue weighted by Crippen LogP contribution is -2.36. The first kappa shape index (κ1) is 7.73. The second-order valence-electron chi connectivity index (χ2n) is 3.26. The highest BCUT2D eigenvalue weighted by Gasteiger charge is 2.15. The lowest BCUT2D eigenvalue weighted by atomic mass is 9.93. The Bertz CT molecular complexity index is 215. The number of nitrogens with one attached hydrogen (secondary N) is 2. The Hall–Kier alpha value is -0.900. The molecule has 1 aliphatic rings. The summed E-state index contributed by atoms with van der Waals surface area (Å²) in [5.74, 6) is 0.974. The molecule has 1 aromatic heterocycles. The first-order valence-corrected chi connectivity index (χ1v) is 4.53. The van der Waals surface area contributed by atoms with Gasteiger partial charge in [0.25, 0.3) is 0 Å². The Kier molecular flexibility index (Phi) is 2.36. The van der Waals surface area contributed by atoms with Crippen LogP contribution >= 0.6 is 0 Å². The Morgan fingerprint density at radius 3 is 3.08 bits per heavy atom. The second-order valence-corrected chi connectivity index (χ2v) is 3.26. The van der Waals surface area contributed by atoms with Crippen molar-refractivity contribution in [2.45, 2.75) is 31.7 Å². The summed E-state index contributed by atoms with van der Waals surface area (Å²) in [5.41, 5.74) is 0. The molecule has 2 rings (SSSR count). The maximum Gasteiger partial charge on any atom is 0.137 e. The average Bonchev–Trinajstić information content (AvgIpc) is 2.46. The smallest absolute Gasteiger partial charge is 0.137 e. The topological polar surface area (TPSA) is 53.6 Å². The Morgan fingerprint density at radius 2 is 2.50 bits per heavy atom. The Balaban J connectivity index is 1.62. The third kappa shape index (κ3) is 1.82. The first-order chi connectivity index (χ1) is 5.95. The van der Waals surface area contributed by atoms with Crippen LogP contribution in [0.15, 0.2) is 6.33 Å². The van der Waals surface area contributed by atoms with Gasteiger partial charge in [0, 0.05) is 19.0 Å².